The molecule has 0 bridgehead atoms. The topological polar surface area (TPSA) is 93.5 Å². The first-order valence-electron chi connectivity index (χ1n) is 5.91. The molecule has 0 saturated carbocycles. The van der Waals surface area contributed by atoms with Gasteiger partial charge in [-0.1, -0.05) is 6.92 Å². The van der Waals surface area contributed by atoms with Gasteiger partial charge in [-0.3, -0.25) is 14.9 Å². The third kappa shape index (κ3) is 4.55. The Labute approximate surface area is 111 Å². The minimum atomic E-state index is -0.523. The van der Waals surface area contributed by atoms with Crippen LogP contribution >= 0.6 is 0 Å². The van der Waals surface area contributed by atoms with Crippen molar-refractivity contribution in [3.63, 3.8) is 0 Å². The standard InChI is InChI=1S/C12H17N3O4/c1-3-6-13-8-12(16)14-10-7-9(15(17)18)4-5-11(10)19-2/h4-5,7,13H,3,6,8H2,1-2H3,(H,14,16). The predicted molar refractivity (Wildman–Crippen MR) is 71.4 cm³/mol. The van der Waals surface area contributed by atoms with Crippen LogP contribution in [0.5, 0.6) is 5.75 Å². The number of rotatable bonds is 7. The van der Waals surface area contributed by atoms with Crippen molar-refractivity contribution in [1.82, 2.24) is 5.32 Å². The molecule has 0 unspecified atom stereocenters. The van der Waals surface area contributed by atoms with E-state index in [2.05, 4.69) is 10.6 Å². The second kappa shape index (κ2) is 7.32. The van der Waals surface area contributed by atoms with Gasteiger partial charge in [-0.15, -0.1) is 0 Å². The lowest BCUT2D eigenvalue weighted by molar-refractivity contribution is -0.384. The molecule has 0 atom stereocenters. The van der Waals surface area contributed by atoms with Crippen molar-refractivity contribution < 1.29 is 14.5 Å². The molecule has 7 heteroatoms. The minimum Gasteiger partial charge on any atom is -0.495 e. The van der Waals surface area contributed by atoms with E-state index in [4.69, 9.17) is 4.74 Å². The maximum atomic E-state index is 11.6. The molecule has 1 rings (SSSR count). The Bertz CT molecular complexity index is 462. The summed E-state index contributed by atoms with van der Waals surface area (Å²) in [5, 5.41) is 16.2. The molecule has 0 aliphatic rings. The Morgan fingerprint density at radius 2 is 2.21 bits per heavy atom. The molecule has 0 spiro atoms. The summed E-state index contributed by atoms with van der Waals surface area (Å²) in [4.78, 5) is 21.8. The summed E-state index contributed by atoms with van der Waals surface area (Å²) in [6.45, 7) is 2.88. The Morgan fingerprint density at radius 1 is 1.47 bits per heavy atom. The summed E-state index contributed by atoms with van der Waals surface area (Å²) in [5.41, 5.74) is 0.192. The summed E-state index contributed by atoms with van der Waals surface area (Å²) < 4.78 is 5.05. The van der Waals surface area contributed by atoms with Crippen LogP contribution in [0.15, 0.2) is 18.2 Å². The van der Waals surface area contributed by atoms with Gasteiger partial charge in [-0.25, -0.2) is 0 Å². The Hall–Kier alpha value is -2.15. The third-order valence-electron chi connectivity index (χ3n) is 2.38. The monoisotopic (exact) mass is 267 g/mol. The van der Waals surface area contributed by atoms with Crippen molar-refractivity contribution in [2.75, 3.05) is 25.5 Å². The number of anilines is 1. The second-order valence-electron chi connectivity index (χ2n) is 3.87. The third-order valence-corrected chi connectivity index (χ3v) is 2.38. The number of nitrogens with zero attached hydrogens (tertiary/aromatic N) is 1. The van der Waals surface area contributed by atoms with Crippen LogP contribution in [-0.4, -0.2) is 31.0 Å². The summed E-state index contributed by atoms with van der Waals surface area (Å²) in [5.74, 6) is 0.113. The first-order chi connectivity index (χ1) is 9.08. The molecule has 0 aliphatic heterocycles. The molecule has 2 N–H and O–H groups in total. The largest absolute Gasteiger partial charge is 0.495 e. The molecule has 0 heterocycles. The number of ether oxygens (including phenoxy) is 1. The maximum absolute atomic E-state index is 11.6. The van der Waals surface area contributed by atoms with Gasteiger partial charge >= 0.3 is 0 Å². The predicted octanol–water partition coefficient (Wildman–Crippen LogP) is 1.54. The molecule has 19 heavy (non-hydrogen) atoms. The zero-order valence-corrected chi connectivity index (χ0v) is 10.9. The zero-order valence-electron chi connectivity index (χ0n) is 10.9. The first kappa shape index (κ1) is 14.9. The number of carbonyl (C=O) groups excluding carboxylic acids is 1. The number of hydrogen-bond donors (Lipinski definition) is 2. The van der Waals surface area contributed by atoms with E-state index in [-0.39, 0.29) is 18.1 Å². The van der Waals surface area contributed by atoms with Gasteiger partial charge in [0.1, 0.15) is 5.75 Å². The minimum absolute atomic E-state index is 0.0994. The van der Waals surface area contributed by atoms with Crippen molar-refractivity contribution in [2.45, 2.75) is 13.3 Å². The quantitative estimate of drug-likeness (QED) is 0.444. The Kier molecular flexibility index (Phi) is 5.74. The molecular weight excluding hydrogens is 250 g/mol. The molecule has 0 radical (unpaired) electrons. The summed E-state index contributed by atoms with van der Waals surface area (Å²) in [7, 11) is 1.44. The number of benzene rings is 1. The van der Waals surface area contributed by atoms with E-state index in [9.17, 15) is 14.9 Å². The van der Waals surface area contributed by atoms with Gasteiger partial charge in [-0.2, -0.15) is 0 Å². The van der Waals surface area contributed by atoms with E-state index < -0.39 is 4.92 Å². The average molecular weight is 267 g/mol. The van der Waals surface area contributed by atoms with Gasteiger partial charge in [0.15, 0.2) is 0 Å². The summed E-state index contributed by atoms with van der Waals surface area (Å²) in [6.07, 6.45) is 0.924. The van der Waals surface area contributed by atoms with Gasteiger partial charge < -0.3 is 15.4 Å². The highest BCUT2D eigenvalue weighted by atomic mass is 16.6. The molecule has 7 nitrogen and oxygen atoms in total. The van der Waals surface area contributed by atoms with E-state index in [1.807, 2.05) is 6.92 Å². The van der Waals surface area contributed by atoms with Crippen LogP contribution in [0, 0.1) is 10.1 Å². The van der Waals surface area contributed by atoms with Gasteiger partial charge in [0.2, 0.25) is 5.91 Å². The second-order valence-corrected chi connectivity index (χ2v) is 3.87. The van der Waals surface area contributed by atoms with Crippen LogP contribution in [0.25, 0.3) is 0 Å². The molecule has 1 aromatic rings. The zero-order chi connectivity index (χ0) is 14.3. The van der Waals surface area contributed by atoms with Crippen LogP contribution in [-0.2, 0) is 4.79 Å². The summed E-state index contributed by atoms with van der Waals surface area (Å²) in [6, 6.07) is 4.05. The number of nitro groups is 1. The van der Waals surface area contributed by atoms with Crippen LogP contribution in [0.4, 0.5) is 11.4 Å². The van der Waals surface area contributed by atoms with Crippen molar-refractivity contribution >= 4 is 17.3 Å². The van der Waals surface area contributed by atoms with E-state index in [0.717, 1.165) is 13.0 Å². The lowest BCUT2D eigenvalue weighted by Gasteiger charge is -2.10. The van der Waals surface area contributed by atoms with Crippen molar-refractivity contribution in [1.29, 1.82) is 0 Å². The van der Waals surface area contributed by atoms with Gasteiger partial charge in [0.05, 0.1) is 24.3 Å². The first-order valence-corrected chi connectivity index (χ1v) is 5.91. The van der Waals surface area contributed by atoms with Crippen molar-refractivity contribution in [3.8, 4) is 5.75 Å². The lowest BCUT2D eigenvalue weighted by Crippen LogP contribution is -2.28. The molecule has 0 saturated heterocycles. The molecule has 1 aromatic carbocycles. The van der Waals surface area contributed by atoms with Gasteiger partial charge in [-0.05, 0) is 19.0 Å². The maximum Gasteiger partial charge on any atom is 0.271 e. The number of methoxy groups -OCH3 is 1. The normalized spacial score (nSPS) is 10.0. The number of hydrogen-bond acceptors (Lipinski definition) is 5. The van der Waals surface area contributed by atoms with Crippen molar-refractivity contribution in [3.05, 3.63) is 28.3 Å². The number of nitro benzene ring substituents is 1. The number of amides is 1. The smallest absolute Gasteiger partial charge is 0.271 e. The van der Waals surface area contributed by atoms with E-state index >= 15 is 0 Å². The SMILES string of the molecule is CCCNCC(=O)Nc1cc([N+](=O)[O-])ccc1OC. The van der Waals surface area contributed by atoms with E-state index in [1.165, 1.54) is 25.3 Å². The lowest BCUT2D eigenvalue weighted by atomic mass is 10.2. The Balaban J connectivity index is 2.77. The van der Waals surface area contributed by atoms with Gasteiger partial charge in [0.25, 0.3) is 5.69 Å². The van der Waals surface area contributed by atoms with E-state index in [0.29, 0.717) is 11.4 Å². The fourth-order valence-electron chi connectivity index (χ4n) is 1.48. The Morgan fingerprint density at radius 3 is 2.79 bits per heavy atom. The molecule has 1 amide bonds. The number of non-ortho nitro benzene ring substituents is 1. The highest BCUT2D eigenvalue weighted by molar-refractivity contribution is 5.94. The van der Waals surface area contributed by atoms with Crippen LogP contribution in [0.3, 0.4) is 0 Å². The molecule has 0 fully saturated rings. The fourth-order valence-corrected chi connectivity index (χ4v) is 1.48. The fraction of sp³-hybridized carbons (Fsp3) is 0.417. The van der Waals surface area contributed by atoms with Crippen LogP contribution in [0.2, 0.25) is 0 Å². The highest BCUT2D eigenvalue weighted by Gasteiger charge is 2.13. The van der Waals surface area contributed by atoms with Crippen LogP contribution in [0.1, 0.15) is 13.3 Å². The molecule has 0 aliphatic carbocycles. The molecular formula is C12H17N3O4. The number of carbonyl (C=O) groups is 1. The summed E-state index contributed by atoms with van der Waals surface area (Å²) >= 11 is 0. The van der Waals surface area contributed by atoms with Gasteiger partial charge in [0, 0.05) is 12.1 Å². The van der Waals surface area contributed by atoms with Crippen LogP contribution < -0.4 is 15.4 Å². The molecule has 104 valence electrons. The van der Waals surface area contributed by atoms with Crippen molar-refractivity contribution in [2.24, 2.45) is 0 Å². The average Bonchev–Trinajstić information content (AvgIpc) is 2.38. The molecule has 0 aromatic heterocycles. The number of nitrogens with one attached hydrogen (secondary N) is 2. The van der Waals surface area contributed by atoms with E-state index in [1.54, 1.807) is 0 Å². The highest BCUT2D eigenvalue weighted by Crippen LogP contribution is 2.28.